The van der Waals surface area contributed by atoms with Crippen molar-refractivity contribution in [3.8, 4) is 0 Å². The van der Waals surface area contributed by atoms with E-state index < -0.39 is 0 Å². The SMILES string of the molecule is C=C(C)N=C(C)/C=C\NNC. The zero-order valence-electron chi connectivity index (χ0n) is 7.31. The van der Waals surface area contributed by atoms with Crippen LogP contribution in [0.25, 0.3) is 0 Å². The van der Waals surface area contributed by atoms with Gasteiger partial charge in [-0.15, -0.1) is 0 Å². The minimum absolute atomic E-state index is 0.816. The first-order valence-corrected chi connectivity index (χ1v) is 3.46. The van der Waals surface area contributed by atoms with Gasteiger partial charge in [-0.2, -0.15) is 0 Å². The second-order valence-electron chi connectivity index (χ2n) is 2.22. The van der Waals surface area contributed by atoms with Gasteiger partial charge in [0.25, 0.3) is 0 Å². The van der Waals surface area contributed by atoms with Crippen LogP contribution in [-0.4, -0.2) is 12.8 Å². The molecule has 2 N–H and O–H groups in total. The Bertz CT molecular complexity index is 180. The molecule has 0 atom stereocenters. The summed E-state index contributed by atoms with van der Waals surface area (Å²) in [4.78, 5) is 4.12. The van der Waals surface area contributed by atoms with Crippen LogP contribution in [0.1, 0.15) is 13.8 Å². The molecular weight excluding hydrogens is 138 g/mol. The van der Waals surface area contributed by atoms with E-state index in [4.69, 9.17) is 0 Å². The molecule has 0 aromatic carbocycles. The van der Waals surface area contributed by atoms with E-state index in [1.54, 1.807) is 13.2 Å². The molecule has 0 aliphatic heterocycles. The van der Waals surface area contributed by atoms with Crippen molar-refractivity contribution in [2.75, 3.05) is 7.05 Å². The lowest BCUT2D eigenvalue weighted by molar-refractivity contribution is 0.731. The second kappa shape index (κ2) is 5.68. The Morgan fingerprint density at radius 1 is 1.45 bits per heavy atom. The van der Waals surface area contributed by atoms with Gasteiger partial charge in [0.1, 0.15) is 0 Å². The van der Waals surface area contributed by atoms with Crippen LogP contribution in [0, 0.1) is 0 Å². The standard InChI is InChI=1S/C8H15N3/c1-7(2)11-8(3)5-6-10-9-4/h5-6,9-10H,1H2,2-4H3/b6-5-,11-8?. The fourth-order valence-corrected chi connectivity index (χ4v) is 0.584. The monoisotopic (exact) mass is 153 g/mol. The number of hydrogen-bond acceptors (Lipinski definition) is 3. The van der Waals surface area contributed by atoms with Crippen molar-refractivity contribution >= 4 is 5.71 Å². The van der Waals surface area contributed by atoms with Gasteiger partial charge in [-0.05, 0) is 19.9 Å². The maximum atomic E-state index is 4.12. The normalized spacial score (nSPS) is 12.1. The van der Waals surface area contributed by atoms with Crippen LogP contribution in [0.2, 0.25) is 0 Å². The Morgan fingerprint density at radius 2 is 2.09 bits per heavy atom. The van der Waals surface area contributed by atoms with Crippen LogP contribution < -0.4 is 10.9 Å². The topological polar surface area (TPSA) is 36.4 Å². The first kappa shape index (κ1) is 9.91. The smallest absolute Gasteiger partial charge is 0.0390 e. The fraction of sp³-hybridized carbons (Fsp3) is 0.375. The van der Waals surface area contributed by atoms with Crippen molar-refractivity contribution in [2.45, 2.75) is 13.8 Å². The molecule has 0 spiro atoms. The molecule has 0 aromatic rings. The lowest BCUT2D eigenvalue weighted by Gasteiger charge is -1.94. The summed E-state index contributed by atoms with van der Waals surface area (Å²) < 4.78 is 0. The average molecular weight is 153 g/mol. The Labute approximate surface area is 67.9 Å². The Balaban J connectivity index is 3.85. The highest BCUT2D eigenvalue weighted by Gasteiger charge is 1.81. The van der Waals surface area contributed by atoms with E-state index in [1.165, 1.54) is 0 Å². The van der Waals surface area contributed by atoms with Crippen LogP contribution >= 0.6 is 0 Å². The molecule has 0 radical (unpaired) electrons. The van der Waals surface area contributed by atoms with Crippen molar-refractivity contribution in [1.82, 2.24) is 10.9 Å². The number of nitrogens with zero attached hydrogens (tertiary/aromatic N) is 1. The predicted molar refractivity (Wildman–Crippen MR) is 49.3 cm³/mol. The molecule has 3 heteroatoms. The fourth-order valence-electron chi connectivity index (χ4n) is 0.584. The molecule has 0 amide bonds. The first-order chi connectivity index (χ1) is 5.16. The maximum Gasteiger partial charge on any atom is 0.0390 e. The van der Waals surface area contributed by atoms with Crippen molar-refractivity contribution in [1.29, 1.82) is 0 Å². The average Bonchev–Trinajstić information content (AvgIpc) is 1.86. The van der Waals surface area contributed by atoms with E-state index in [-0.39, 0.29) is 0 Å². The Hall–Kier alpha value is -1.09. The molecule has 0 fully saturated rings. The molecule has 0 aliphatic carbocycles. The number of aliphatic imine (C=N–C) groups is 1. The number of rotatable bonds is 4. The molecule has 0 saturated heterocycles. The highest BCUT2D eigenvalue weighted by molar-refractivity contribution is 5.93. The van der Waals surface area contributed by atoms with Gasteiger partial charge in [0.15, 0.2) is 0 Å². The largest absolute Gasteiger partial charge is 0.329 e. The van der Waals surface area contributed by atoms with Crippen LogP contribution in [0.3, 0.4) is 0 Å². The summed E-state index contributed by atoms with van der Waals surface area (Å²) in [5, 5.41) is 0. The van der Waals surface area contributed by atoms with Crippen molar-refractivity contribution in [2.24, 2.45) is 4.99 Å². The lowest BCUT2D eigenvalue weighted by atomic mass is 10.4. The van der Waals surface area contributed by atoms with Gasteiger partial charge in [0, 0.05) is 24.7 Å². The number of hydrazine groups is 1. The zero-order chi connectivity index (χ0) is 8.69. The minimum Gasteiger partial charge on any atom is -0.329 e. The second-order valence-corrected chi connectivity index (χ2v) is 2.22. The molecule has 0 unspecified atom stereocenters. The summed E-state index contributed by atoms with van der Waals surface area (Å²) in [7, 11) is 1.80. The zero-order valence-corrected chi connectivity index (χ0v) is 7.31. The van der Waals surface area contributed by atoms with Crippen LogP contribution in [0.5, 0.6) is 0 Å². The van der Waals surface area contributed by atoms with Gasteiger partial charge in [-0.25, -0.2) is 5.43 Å². The molecule has 0 rings (SSSR count). The highest BCUT2D eigenvalue weighted by atomic mass is 15.3. The van der Waals surface area contributed by atoms with E-state index >= 15 is 0 Å². The molecule has 3 nitrogen and oxygen atoms in total. The number of nitrogens with one attached hydrogen (secondary N) is 2. The van der Waals surface area contributed by atoms with Crippen molar-refractivity contribution in [3.05, 3.63) is 24.6 Å². The minimum atomic E-state index is 0.816. The first-order valence-electron chi connectivity index (χ1n) is 3.46. The van der Waals surface area contributed by atoms with E-state index in [1.807, 2.05) is 19.9 Å². The number of hydrogen-bond donors (Lipinski definition) is 2. The molecule has 62 valence electrons. The maximum absolute atomic E-state index is 4.12. The Morgan fingerprint density at radius 3 is 2.55 bits per heavy atom. The van der Waals surface area contributed by atoms with E-state index in [0.717, 1.165) is 11.4 Å². The predicted octanol–water partition coefficient (Wildman–Crippen LogP) is 1.22. The Kier molecular flexibility index (Phi) is 5.11. The van der Waals surface area contributed by atoms with E-state index in [9.17, 15) is 0 Å². The molecule has 0 aromatic heterocycles. The van der Waals surface area contributed by atoms with E-state index in [0.29, 0.717) is 0 Å². The van der Waals surface area contributed by atoms with Crippen LogP contribution in [-0.2, 0) is 0 Å². The summed E-state index contributed by atoms with van der Waals surface area (Å²) in [6, 6.07) is 0. The van der Waals surface area contributed by atoms with Crippen LogP contribution in [0.15, 0.2) is 29.5 Å². The van der Waals surface area contributed by atoms with Crippen LogP contribution in [0.4, 0.5) is 0 Å². The molecule has 0 saturated carbocycles. The highest BCUT2D eigenvalue weighted by Crippen LogP contribution is 1.90. The molecule has 11 heavy (non-hydrogen) atoms. The third-order valence-corrected chi connectivity index (χ3v) is 0.919. The number of allylic oxidation sites excluding steroid dienone is 2. The van der Waals surface area contributed by atoms with Gasteiger partial charge in [-0.1, -0.05) is 6.58 Å². The van der Waals surface area contributed by atoms with Gasteiger partial charge in [0.2, 0.25) is 0 Å². The van der Waals surface area contributed by atoms with Gasteiger partial charge >= 0.3 is 0 Å². The lowest BCUT2D eigenvalue weighted by Crippen LogP contribution is -2.20. The molecule has 0 aliphatic rings. The molecule has 0 heterocycles. The molecule has 0 bridgehead atoms. The quantitative estimate of drug-likeness (QED) is 0.470. The van der Waals surface area contributed by atoms with Crippen molar-refractivity contribution < 1.29 is 0 Å². The van der Waals surface area contributed by atoms with Crippen molar-refractivity contribution in [3.63, 3.8) is 0 Å². The summed E-state index contributed by atoms with van der Waals surface area (Å²) in [5.74, 6) is 0. The summed E-state index contributed by atoms with van der Waals surface area (Å²) >= 11 is 0. The molecular formula is C8H15N3. The summed E-state index contributed by atoms with van der Waals surface area (Å²) in [5.41, 5.74) is 7.32. The van der Waals surface area contributed by atoms with E-state index in [2.05, 4.69) is 22.4 Å². The third-order valence-electron chi connectivity index (χ3n) is 0.919. The van der Waals surface area contributed by atoms with Gasteiger partial charge in [-0.3, -0.25) is 4.99 Å². The third kappa shape index (κ3) is 6.80. The van der Waals surface area contributed by atoms with Gasteiger partial charge < -0.3 is 5.43 Å². The van der Waals surface area contributed by atoms with Gasteiger partial charge in [0.05, 0.1) is 0 Å². The summed E-state index contributed by atoms with van der Waals surface area (Å²) in [6.07, 6.45) is 3.65. The summed E-state index contributed by atoms with van der Waals surface area (Å²) in [6.45, 7) is 7.45.